The Hall–Kier alpha value is -3.21. The van der Waals surface area contributed by atoms with Gasteiger partial charge in [-0.25, -0.2) is 4.98 Å². The maximum atomic E-state index is 12.7. The molecule has 1 heterocycles. The summed E-state index contributed by atoms with van der Waals surface area (Å²) in [4.78, 5) is 31.5. The molecule has 2 aromatic carbocycles. The van der Waals surface area contributed by atoms with Crippen molar-refractivity contribution in [3.05, 3.63) is 82.8 Å². The highest BCUT2D eigenvalue weighted by Gasteiger charge is 2.17. The molecule has 0 saturated heterocycles. The average molecular weight is 347 g/mol. The summed E-state index contributed by atoms with van der Waals surface area (Å²) in [6.45, 7) is 1.89. The number of carbonyl (C=O) groups excluding carboxylic acids is 1. The van der Waals surface area contributed by atoms with Gasteiger partial charge in [0.15, 0.2) is 0 Å². The van der Waals surface area contributed by atoms with Gasteiger partial charge in [0, 0.05) is 30.1 Å². The molecular formula is C21H21N3O2. The number of rotatable bonds is 5. The average Bonchev–Trinajstić information content (AvgIpc) is 2.69. The molecule has 0 atom stereocenters. The van der Waals surface area contributed by atoms with Crippen LogP contribution in [0.1, 0.15) is 12.6 Å². The number of benzene rings is 2. The molecule has 0 fully saturated rings. The maximum Gasteiger partial charge on any atom is 0.254 e. The normalized spacial score (nSPS) is 10.5. The van der Waals surface area contributed by atoms with Crippen LogP contribution in [-0.2, 0) is 17.8 Å². The van der Waals surface area contributed by atoms with E-state index in [0.717, 1.165) is 11.3 Å². The van der Waals surface area contributed by atoms with Crippen molar-refractivity contribution in [3.8, 4) is 11.4 Å². The van der Waals surface area contributed by atoms with Crippen molar-refractivity contribution < 1.29 is 4.79 Å². The Kier molecular flexibility index (Phi) is 5.27. The quantitative estimate of drug-likeness (QED) is 0.712. The summed E-state index contributed by atoms with van der Waals surface area (Å²) >= 11 is 0. The largest absolute Gasteiger partial charge is 0.314 e. The molecule has 1 aromatic heterocycles. The third kappa shape index (κ3) is 3.72. The Morgan fingerprint density at radius 3 is 2.27 bits per heavy atom. The summed E-state index contributed by atoms with van der Waals surface area (Å²) in [6, 6.07) is 20.3. The van der Waals surface area contributed by atoms with Crippen LogP contribution < -0.4 is 10.5 Å². The van der Waals surface area contributed by atoms with Gasteiger partial charge in [0.25, 0.3) is 5.56 Å². The fourth-order valence-corrected chi connectivity index (χ4v) is 2.73. The van der Waals surface area contributed by atoms with Crippen molar-refractivity contribution in [2.24, 2.45) is 0 Å². The molecule has 26 heavy (non-hydrogen) atoms. The van der Waals surface area contributed by atoms with Crippen LogP contribution in [0.15, 0.2) is 71.5 Å². The first-order valence-corrected chi connectivity index (χ1v) is 8.58. The zero-order valence-electron chi connectivity index (χ0n) is 14.9. The number of carbonyl (C=O) groups is 1. The van der Waals surface area contributed by atoms with Crippen molar-refractivity contribution in [1.82, 2.24) is 9.55 Å². The minimum absolute atomic E-state index is 0.0640. The first kappa shape index (κ1) is 17.6. The van der Waals surface area contributed by atoms with Gasteiger partial charge in [0.05, 0.1) is 0 Å². The maximum absolute atomic E-state index is 12.7. The van der Waals surface area contributed by atoms with E-state index < -0.39 is 0 Å². The standard InChI is InChI=1S/C21H21N3O2/c1-3-17-14-19(25)24(21(22-17)16-10-6-4-7-11-16)15-20(26)23(2)18-12-8-5-9-13-18/h4-14H,3,15H2,1-2H3. The molecule has 0 radical (unpaired) electrons. The molecule has 5 heteroatoms. The Bertz CT molecular complexity index is 950. The minimum Gasteiger partial charge on any atom is -0.314 e. The molecule has 0 N–H and O–H groups in total. The lowest BCUT2D eigenvalue weighted by atomic mass is 10.2. The molecule has 1 amide bonds. The van der Waals surface area contributed by atoms with E-state index in [4.69, 9.17) is 0 Å². The van der Waals surface area contributed by atoms with E-state index in [1.165, 1.54) is 10.6 Å². The van der Waals surface area contributed by atoms with Gasteiger partial charge in [0.2, 0.25) is 5.91 Å². The predicted octanol–water partition coefficient (Wildman–Crippen LogP) is 3.14. The topological polar surface area (TPSA) is 55.2 Å². The smallest absolute Gasteiger partial charge is 0.254 e. The van der Waals surface area contributed by atoms with Crippen LogP contribution in [0.2, 0.25) is 0 Å². The number of anilines is 1. The van der Waals surface area contributed by atoms with E-state index in [-0.39, 0.29) is 18.0 Å². The summed E-state index contributed by atoms with van der Waals surface area (Å²) in [6.07, 6.45) is 0.660. The van der Waals surface area contributed by atoms with E-state index in [1.807, 2.05) is 67.6 Å². The summed E-state index contributed by atoms with van der Waals surface area (Å²) in [5.74, 6) is 0.339. The lowest BCUT2D eigenvalue weighted by Crippen LogP contribution is -2.35. The molecule has 3 aromatic rings. The Balaban J connectivity index is 1.99. The number of aryl methyl sites for hydroxylation is 1. The summed E-state index contributed by atoms with van der Waals surface area (Å²) in [7, 11) is 1.71. The van der Waals surface area contributed by atoms with Crippen LogP contribution in [0.25, 0.3) is 11.4 Å². The van der Waals surface area contributed by atoms with E-state index in [9.17, 15) is 9.59 Å². The molecule has 0 saturated carbocycles. The number of amides is 1. The van der Waals surface area contributed by atoms with E-state index in [1.54, 1.807) is 11.9 Å². The van der Waals surface area contributed by atoms with Crippen LogP contribution in [0.5, 0.6) is 0 Å². The molecule has 0 aliphatic heterocycles. The second-order valence-corrected chi connectivity index (χ2v) is 6.00. The number of nitrogens with zero attached hydrogens (tertiary/aromatic N) is 3. The second kappa shape index (κ2) is 7.78. The molecule has 0 aliphatic carbocycles. The van der Waals surface area contributed by atoms with Crippen molar-refractivity contribution in [2.45, 2.75) is 19.9 Å². The Morgan fingerprint density at radius 2 is 1.65 bits per heavy atom. The fourth-order valence-electron chi connectivity index (χ4n) is 2.73. The molecule has 3 rings (SSSR count). The Morgan fingerprint density at radius 1 is 1.04 bits per heavy atom. The molecule has 0 unspecified atom stereocenters. The lowest BCUT2D eigenvalue weighted by Gasteiger charge is -2.19. The van der Waals surface area contributed by atoms with Gasteiger partial charge in [0.1, 0.15) is 12.4 Å². The van der Waals surface area contributed by atoms with Crippen molar-refractivity contribution in [3.63, 3.8) is 0 Å². The first-order valence-electron chi connectivity index (χ1n) is 8.58. The Labute approximate surface area is 152 Å². The predicted molar refractivity (Wildman–Crippen MR) is 103 cm³/mol. The third-order valence-corrected chi connectivity index (χ3v) is 4.27. The SMILES string of the molecule is CCc1cc(=O)n(CC(=O)N(C)c2ccccc2)c(-c2ccccc2)n1. The van der Waals surface area contributed by atoms with Crippen LogP contribution in [0.3, 0.4) is 0 Å². The van der Waals surface area contributed by atoms with Gasteiger partial charge < -0.3 is 4.90 Å². The van der Waals surface area contributed by atoms with E-state index in [2.05, 4.69) is 4.98 Å². The highest BCUT2D eigenvalue weighted by molar-refractivity contribution is 5.92. The molecule has 132 valence electrons. The second-order valence-electron chi connectivity index (χ2n) is 6.00. The van der Waals surface area contributed by atoms with Crippen molar-refractivity contribution in [1.29, 1.82) is 0 Å². The molecular weight excluding hydrogens is 326 g/mol. The van der Waals surface area contributed by atoms with E-state index in [0.29, 0.717) is 17.9 Å². The lowest BCUT2D eigenvalue weighted by molar-refractivity contribution is -0.118. The van der Waals surface area contributed by atoms with Crippen LogP contribution >= 0.6 is 0 Å². The number of likely N-dealkylation sites (N-methyl/N-ethyl adjacent to an activating group) is 1. The molecule has 0 aliphatic rings. The molecule has 0 bridgehead atoms. The zero-order chi connectivity index (χ0) is 18.5. The van der Waals surface area contributed by atoms with Gasteiger partial charge >= 0.3 is 0 Å². The molecule has 0 spiro atoms. The number of para-hydroxylation sites is 1. The fraction of sp³-hybridized carbons (Fsp3) is 0.190. The van der Waals surface area contributed by atoms with E-state index >= 15 is 0 Å². The highest BCUT2D eigenvalue weighted by atomic mass is 16.2. The monoisotopic (exact) mass is 347 g/mol. The van der Waals surface area contributed by atoms with Gasteiger partial charge in [-0.2, -0.15) is 0 Å². The zero-order valence-corrected chi connectivity index (χ0v) is 14.9. The third-order valence-electron chi connectivity index (χ3n) is 4.27. The summed E-state index contributed by atoms with van der Waals surface area (Å²) < 4.78 is 1.44. The van der Waals surface area contributed by atoms with Gasteiger partial charge in [-0.05, 0) is 18.6 Å². The van der Waals surface area contributed by atoms with Gasteiger partial charge in [-0.15, -0.1) is 0 Å². The van der Waals surface area contributed by atoms with Crippen LogP contribution in [0, 0.1) is 0 Å². The van der Waals surface area contributed by atoms with Crippen LogP contribution in [-0.4, -0.2) is 22.5 Å². The van der Waals surface area contributed by atoms with Crippen LogP contribution in [0.4, 0.5) is 5.69 Å². The molecule has 5 nitrogen and oxygen atoms in total. The first-order chi connectivity index (χ1) is 12.6. The minimum atomic E-state index is -0.217. The number of aromatic nitrogens is 2. The highest BCUT2D eigenvalue weighted by Crippen LogP contribution is 2.17. The van der Waals surface area contributed by atoms with Gasteiger partial charge in [-0.1, -0.05) is 55.5 Å². The number of hydrogen-bond donors (Lipinski definition) is 0. The summed E-state index contributed by atoms with van der Waals surface area (Å²) in [5.41, 5.74) is 2.10. The van der Waals surface area contributed by atoms with Crippen molar-refractivity contribution >= 4 is 11.6 Å². The number of hydrogen-bond acceptors (Lipinski definition) is 3. The van der Waals surface area contributed by atoms with Gasteiger partial charge in [-0.3, -0.25) is 14.2 Å². The van der Waals surface area contributed by atoms with Crippen molar-refractivity contribution in [2.75, 3.05) is 11.9 Å². The summed E-state index contributed by atoms with van der Waals surface area (Å²) in [5, 5.41) is 0.